The fourth-order valence-corrected chi connectivity index (χ4v) is 7.63. The van der Waals surface area contributed by atoms with Gasteiger partial charge in [-0.1, -0.05) is 115 Å². The van der Waals surface area contributed by atoms with Crippen LogP contribution in [0.1, 0.15) is 0 Å². The monoisotopic (exact) mass is 584 g/mol. The molecule has 2 heteroatoms. The van der Waals surface area contributed by atoms with Crippen LogP contribution in [0.4, 0.5) is 0 Å². The first kappa shape index (κ1) is 25.2. The lowest BCUT2D eigenvalue weighted by Gasteiger charge is -2.12. The third-order valence-electron chi connectivity index (χ3n) is 9.67. The highest BCUT2D eigenvalue weighted by atomic mass is 15.0. The van der Waals surface area contributed by atoms with Crippen molar-refractivity contribution in [1.29, 1.82) is 0 Å². The molecule has 0 spiro atoms. The zero-order chi connectivity index (χ0) is 30.2. The molecule has 2 aromatic heterocycles. The van der Waals surface area contributed by atoms with E-state index in [0.29, 0.717) is 0 Å². The molecule has 0 aliphatic heterocycles. The predicted octanol–water partition coefficient (Wildman–Crippen LogP) is 11.9. The minimum atomic E-state index is 1.17. The predicted molar refractivity (Wildman–Crippen MR) is 196 cm³/mol. The van der Waals surface area contributed by atoms with E-state index in [4.69, 9.17) is 0 Å². The molecule has 0 N–H and O–H groups in total. The van der Waals surface area contributed by atoms with E-state index in [2.05, 4.69) is 179 Å². The van der Waals surface area contributed by atoms with E-state index in [1.807, 2.05) is 0 Å². The number of benzene rings is 8. The second kappa shape index (κ2) is 9.69. The van der Waals surface area contributed by atoms with Crippen molar-refractivity contribution in [1.82, 2.24) is 9.13 Å². The summed E-state index contributed by atoms with van der Waals surface area (Å²) in [5, 5.41) is 10.2. The van der Waals surface area contributed by atoms with E-state index >= 15 is 0 Å². The minimum Gasteiger partial charge on any atom is -0.309 e. The van der Waals surface area contributed by atoms with Crippen LogP contribution in [-0.2, 0) is 0 Å². The molecular weight excluding hydrogens is 556 g/mol. The first-order valence-corrected chi connectivity index (χ1v) is 15.9. The van der Waals surface area contributed by atoms with Crippen molar-refractivity contribution in [2.24, 2.45) is 0 Å². The Balaban J connectivity index is 1.26. The van der Waals surface area contributed by atoms with Gasteiger partial charge in [0.25, 0.3) is 0 Å². The summed E-state index contributed by atoms with van der Waals surface area (Å²) < 4.78 is 4.83. The molecule has 0 saturated heterocycles. The van der Waals surface area contributed by atoms with Crippen LogP contribution in [-0.4, -0.2) is 9.13 Å². The first-order chi connectivity index (χ1) is 22.8. The summed E-state index contributed by atoms with van der Waals surface area (Å²) >= 11 is 0. The Morgan fingerprint density at radius 2 is 0.826 bits per heavy atom. The Hall–Kier alpha value is -6.12. The van der Waals surface area contributed by atoms with Crippen LogP contribution in [0.5, 0.6) is 0 Å². The zero-order valence-corrected chi connectivity index (χ0v) is 25.1. The number of hydrogen-bond donors (Lipinski definition) is 0. The van der Waals surface area contributed by atoms with Crippen LogP contribution < -0.4 is 0 Å². The van der Waals surface area contributed by atoms with Crippen LogP contribution in [0.15, 0.2) is 170 Å². The fourth-order valence-electron chi connectivity index (χ4n) is 7.63. The standard InChI is InChI=1S/C44H28N2/c1-3-12-33(13-4-1)45-40-18-10-9-17-36(40)38-27-31(22-25-41(38)45)32-23-26-42-39(28-32)37-24-21-30-20-19-29-11-7-8-16-35(29)43(30)44(37)46(42)34-14-5-2-6-15-34/h1-28H. The van der Waals surface area contributed by atoms with Crippen molar-refractivity contribution in [3.05, 3.63) is 170 Å². The summed E-state index contributed by atoms with van der Waals surface area (Å²) in [6.45, 7) is 0. The molecule has 0 amide bonds. The number of para-hydroxylation sites is 3. The quantitative estimate of drug-likeness (QED) is 0.183. The Morgan fingerprint density at radius 1 is 0.304 bits per heavy atom. The van der Waals surface area contributed by atoms with Crippen LogP contribution in [0, 0.1) is 0 Å². The number of fused-ring (bicyclic) bond motifs is 10. The molecule has 0 aliphatic carbocycles. The number of nitrogens with zero attached hydrogens (tertiary/aromatic N) is 2. The average Bonchev–Trinajstić information content (AvgIpc) is 3.64. The molecule has 214 valence electrons. The first-order valence-electron chi connectivity index (χ1n) is 15.9. The maximum Gasteiger partial charge on any atom is 0.0625 e. The van der Waals surface area contributed by atoms with Gasteiger partial charge in [0, 0.05) is 38.3 Å². The summed E-state index contributed by atoms with van der Waals surface area (Å²) in [5.74, 6) is 0. The molecule has 0 unspecified atom stereocenters. The van der Waals surface area contributed by atoms with E-state index in [0.717, 1.165) is 0 Å². The van der Waals surface area contributed by atoms with E-state index in [1.54, 1.807) is 0 Å². The lowest BCUT2D eigenvalue weighted by atomic mass is 9.98. The van der Waals surface area contributed by atoms with Crippen molar-refractivity contribution in [2.45, 2.75) is 0 Å². The number of hydrogen-bond acceptors (Lipinski definition) is 0. The van der Waals surface area contributed by atoms with E-state index < -0.39 is 0 Å². The summed E-state index contributed by atoms with van der Waals surface area (Å²) in [4.78, 5) is 0. The largest absolute Gasteiger partial charge is 0.309 e. The zero-order valence-electron chi connectivity index (χ0n) is 25.1. The summed E-state index contributed by atoms with van der Waals surface area (Å²) in [6, 6.07) is 62.0. The molecule has 2 nitrogen and oxygen atoms in total. The van der Waals surface area contributed by atoms with Crippen molar-refractivity contribution in [3.63, 3.8) is 0 Å². The maximum absolute atomic E-state index is 2.46. The topological polar surface area (TPSA) is 9.86 Å². The molecule has 10 rings (SSSR count). The van der Waals surface area contributed by atoms with Gasteiger partial charge in [0.2, 0.25) is 0 Å². The highest BCUT2D eigenvalue weighted by Crippen LogP contribution is 2.41. The van der Waals surface area contributed by atoms with Gasteiger partial charge in [-0.25, -0.2) is 0 Å². The van der Waals surface area contributed by atoms with E-state index in [1.165, 1.54) is 87.7 Å². The van der Waals surface area contributed by atoms with Gasteiger partial charge >= 0.3 is 0 Å². The van der Waals surface area contributed by atoms with E-state index in [9.17, 15) is 0 Å². The second-order valence-corrected chi connectivity index (χ2v) is 12.2. The number of rotatable bonds is 3. The second-order valence-electron chi connectivity index (χ2n) is 12.2. The smallest absolute Gasteiger partial charge is 0.0625 e. The van der Waals surface area contributed by atoms with Crippen molar-refractivity contribution >= 4 is 65.2 Å². The molecule has 0 bridgehead atoms. The highest BCUT2D eigenvalue weighted by Gasteiger charge is 2.18. The SMILES string of the molecule is c1ccc(-n2c3ccccc3c3cc(-c4ccc5c(c4)c4ccc6ccc7ccccc7c6c4n5-c4ccccc4)ccc32)cc1. The molecule has 0 fully saturated rings. The van der Waals surface area contributed by atoms with Gasteiger partial charge in [0.05, 0.1) is 22.1 Å². The Labute approximate surface area is 266 Å². The molecule has 8 aromatic carbocycles. The molecule has 0 saturated carbocycles. The van der Waals surface area contributed by atoms with Gasteiger partial charge in [-0.2, -0.15) is 0 Å². The van der Waals surface area contributed by atoms with Gasteiger partial charge in [0.1, 0.15) is 0 Å². The summed E-state index contributed by atoms with van der Waals surface area (Å²) in [5.41, 5.74) is 9.70. The van der Waals surface area contributed by atoms with Crippen LogP contribution in [0.2, 0.25) is 0 Å². The van der Waals surface area contributed by atoms with Gasteiger partial charge in [-0.15, -0.1) is 0 Å². The van der Waals surface area contributed by atoms with Crippen LogP contribution in [0.3, 0.4) is 0 Å². The summed E-state index contributed by atoms with van der Waals surface area (Å²) in [6.07, 6.45) is 0. The fraction of sp³-hybridized carbons (Fsp3) is 0. The lowest BCUT2D eigenvalue weighted by Crippen LogP contribution is -1.94. The normalized spacial score (nSPS) is 11.9. The third-order valence-corrected chi connectivity index (χ3v) is 9.67. The molecule has 0 radical (unpaired) electrons. The Morgan fingerprint density at radius 3 is 1.57 bits per heavy atom. The molecule has 2 heterocycles. The highest BCUT2D eigenvalue weighted by molar-refractivity contribution is 6.25. The van der Waals surface area contributed by atoms with Gasteiger partial charge in [-0.3, -0.25) is 0 Å². The van der Waals surface area contributed by atoms with Gasteiger partial charge in [0.15, 0.2) is 0 Å². The molecule has 46 heavy (non-hydrogen) atoms. The van der Waals surface area contributed by atoms with Crippen LogP contribution in [0.25, 0.3) is 87.7 Å². The van der Waals surface area contributed by atoms with Gasteiger partial charge < -0.3 is 9.13 Å². The minimum absolute atomic E-state index is 1.17. The molecular formula is C44H28N2. The maximum atomic E-state index is 2.46. The average molecular weight is 585 g/mol. The Bertz CT molecular complexity index is 2780. The van der Waals surface area contributed by atoms with Crippen LogP contribution >= 0.6 is 0 Å². The summed E-state index contributed by atoms with van der Waals surface area (Å²) in [7, 11) is 0. The van der Waals surface area contributed by atoms with E-state index in [-0.39, 0.29) is 0 Å². The Kier molecular flexibility index (Phi) is 5.31. The van der Waals surface area contributed by atoms with Crippen molar-refractivity contribution < 1.29 is 0 Å². The van der Waals surface area contributed by atoms with Crippen molar-refractivity contribution in [3.8, 4) is 22.5 Å². The third kappa shape index (κ3) is 3.59. The lowest BCUT2D eigenvalue weighted by molar-refractivity contribution is 1.18. The molecule has 0 aliphatic rings. The van der Waals surface area contributed by atoms with Crippen molar-refractivity contribution in [2.75, 3.05) is 0 Å². The van der Waals surface area contributed by atoms with Gasteiger partial charge in [-0.05, 0) is 81.9 Å². The number of aromatic nitrogens is 2. The molecule has 0 atom stereocenters. The molecule has 10 aromatic rings.